The van der Waals surface area contributed by atoms with Gasteiger partial charge in [-0.05, 0) is 30.7 Å². The van der Waals surface area contributed by atoms with Crippen LogP contribution in [0.4, 0.5) is 0 Å². The van der Waals surface area contributed by atoms with Gasteiger partial charge in [0, 0.05) is 22.8 Å². The molecule has 1 amide bonds. The minimum absolute atomic E-state index is 0.00769. The van der Waals surface area contributed by atoms with Crippen molar-refractivity contribution in [2.75, 3.05) is 6.54 Å². The van der Waals surface area contributed by atoms with Crippen molar-refractivity contribution in [2.24, 2.45) is 0 Å². The summed E-state index contributed by atoms with van der Waals surface area (Å²) in [5, 5.41) is 2.77. The van der Waals surface area contributed by atoms with Crippen molar-refractivity contribution in [3.63, 3.8) is 0 Å². The summed E-state index contributed by atoms with van der Waals surface area (Å²) in [6.07, 6.45) is 3.11. The van der Waals surface area contributed by atoms with Gasteiger partial charge in [0.2, 0.25) is 0 Å². The summed E-state index contributed by atoms with van der Waals surface area (Å²) in [5.41, 5.74) is 0.426. The normalized spacial score (nSPS) is 11.2. The molecule has 0 spiro atoms. The molecule has 1 N–H and O–H groups in total. The Morgan fingerprint density at radius 1 is 1.22 bits per heavy atom. The van der Waals surface area contributed by atoms with Crippen LogP contribution in [-0.2, 0) is 9.05 Å². The highest BCUT2D eigenvalue weighted by Crippen LogP contribution is 2.15. The molecule has 0 unspecified atom stereocenters. The number of hydrogen-bond acceptors (Lipinski definition) is 3. The molecule has 1 rings (SSSR count). The monoisotopic (exact) mass is 289 g/mol. The molecule has 0 aliphatic heterocycles. The van der Waals surface area contributed by atoms with Gasteiger partial charge in [0.05, 0.1) is 4.90 Å². The van der Waals surface area contributed by atoms with Crippen LogP contribution in [0.5, 0.6) is 0 Å². The van der Waals surface area contributed by atoms with Gasteiger partial charge in [0.15, 0.2) is 0 Å². The Balaban J connectivity index is 2.60. The van der Waals surface area contributed by atoms with E-state index in [1.54, 1.807) is 0 Å². The van der Waals surface area contributed by atoms with Crippen molar-refractivity contribution in [3.8, 4) is 0 Å². The Morgan fingerprint density at radius 2 is 1.83 bits per heavy atom. The summed E-state index contributed by atoms with van der Waals surface area (Å²) in [6, 6.07) is 5.54. The third kappa shape index (κ3) is 4.66. The number of halogens is 1. The second-order valence-corrected chi connectivity index (χ2v) is 6.49. The molecule has 0 aromatic heterocycles. The van der Waals surface area contributed by atoms with Crippen LogP contribution in [0, 0.1) is 0 Å². The molecule has 6 heteroatoms. The van der Waals surface area contributed by atoms with Gasteiger partial charge in [-0.25, -0.2) is 8.42 Å². The van der Waals surface area contributed by atoms with Crippen LogP contribution >= 0.6 is 10.7 Å². The lowest BCUT2D eigenvalue weighted by molar-refractivity contribution is 0.0953. The first-order valence-electron chi connectivity index (χ1n) is 5.78. The molecule has 100 valence electrons. The van der Waals surface area contributed by atoms with Crippen molar-refractivity contribution in [2.45, 2.75) is 31.1 Å². The fourth-order valence-corrected chi connectivity index (χ4v) is 2.22. The molecule has 0 atom stereocenters. The first-order valence-corrected chi connectivity index (χ1v) is 8.09. The van der Waals surface area contributed by atoms with Crippen molar-refractivity contribution in [1.29, 1.82) is 0 Å². The second-order valence-electron chi connectivity index (χ2n) is 3.93. The minimum atomic E-state index is -3.73. The van der Waals surface area contributed by atoms with Gasteiger partial charge >= 0.3 is 0 Å². The zero-order valence-corrected chi connectivity index (χ0v) is 11.7. The standard InChI is InChI=1S/C12H16ClNO3S/c1-2-3-4-9-14-12(15)10-5-7-11(8-6-10)18(13,16)17/h5-8H,2-4,9H2,1H3,(H,14,15). The Labute approximate surface area is 112 Å². The number of amides is 1. The van der Waals surface area contributed by atoms with Crippen LogP contribution in [0.2, 0.25) is 0 Å². The summed E-state index contributed by atoms with van der Waals surface area (Å²) < 4.78 is 22.0. The maximum Gasteiger partial charge on any atom is 0.261 e. The first-order chi connectivity index (χ1) is 8.45. The Morgan fingerprint density at radius 3 is 2.33 bits per heavy atom. The molecule has 0 saturated carbocycles. The number of benzene rings is 1. The van der Waals surface area contributed by atoms with Crippen molar-refractivity contribution in [3.05, 3.63) is 29.8 Å². The topological polar surface area (TPSA) is 63.2 Å². The summed E-state index contributed by atoms with van der Waals surface area (Å²) >= 11 is 0. The number of rotatable bonds is 6. The molecule has 1 aromatic carbocycles. The van der Waals surface area contributed by atoms with Crippen molar-refractivity contribution >= 4 is 25.6 Å². The summed E-state index contributed by atoms with van der Waals surface area (Å²) in [4.78, 5) is 11.7. The highest BCUT2D eigenvalue weighted by atomic mass is 35.7. The van der Waals surface area contributed by atoms with Crippen LogP contribution in [0.3, 0.4) is 0 Å². The maximum absolute atomic E-state index is 11.7. The molecular weight excluding hydrogens is 274 g/mol. The Bertz CT molecular complexity index is 497. The zero-order chi connectivity index (χ0) is 13.6. The fourth-order valence-electron chi connectivity index (χ4n) is 1.45. The van der Waals surface area contributed by atoms with Gasteiger partial charge in [-0.15, -0.1) is 0 Å². The quantitative estimate of drug-likeness (QED) is 0.646. The molecule has 0 heterocycles. The molecule has 0 radical (unpaired) electrons. The molecule has 1 aromatic rings. The highest BCUT2D eigenvalue weighted by molar-refractivity contribution is 8.13. The molecule has 0 saturated heterocycles. The Kier molecular flexibility index (Phi) is 5.62. The van der Waals surface area contributed by atoms with E-state index >= 15 is 0 Å². The largest absolute Gasteiger partial charge is 0.352 e. The van der Waals surface area contributed by atoms with Gasteiger partial charge < -0.3 is 5.32 Å². The maximum atomic E-state index is 11.7. The van der Waals surface area contributed by atoms with E-state index in [2.05, 4.69) is 12.2 Å². The summed E-state index contributed by atoms with van der Waals surface area (Å²) in [6.45, 7) is 2.72. The molecule has 0 fully saturated rings. The first kappa shape index (κ1) is 15.0. The lowest BCUT2D eigenvalue weighted by Gasteiger charge is -2.05. The molecule has 18 heavy (non-hydrogen) atoms. The minimum Gasteiger partial charge on any atom is -0.352 e. The third-order valence-corrected chi connectivity index (χ3v) is 3.83. The summed E-state index contributed by atoms with van der Waals surface area (Å²) in [7, 11) is 1.45. The van der Waals surface area contributed by atoms with Crippen LogP contribution in [-0.4, -0.2) is 20.9 Å². The Hall–Kier alpha value is -1.07. The number of unbranched alkanes of at least 4 members (excludes halogenated alkanes) is 2. The van der Waals surface area contributed by atoms with E-state index < -0.39 is 9.05 Å². The van der Waals surface area contributed by atoms with Crippen LogP contribution in [0.1, 0.15) is 36.5 Å². The van der Waals surface area contributed by atoms with Gasteiger partial charge in [-0.1, -0.05) is 19.8 Å². The summed E-state index contributed by atoms with van der Waals surface area (Å²) in [5.74, 6) is -0.204. The van der Waals surface area contributed by atoms with E-state index in [9.17, 15) is 13.2 Å². The predicted octanol–water partition coefficient (Wildman–Crippen LogP) is 2.53. The van der Waals surface area contributed by atoms with E-state index in [4.69, 9.17) is 10.7 Å². The van der Waals surface area contributed by atoms with Crippen LogP contribution < -0.4 is 5.32 Å². The molecule has 0 aliphatic rings. The zero-order valence-electron chi connectivity index (χ0n) is 10.1. The van der Waals surface area contributed by atoms with Crippen LogP contribution in [0.25, 0.3) is 0 Å². The van der Waals surface area contributed by atoms with Crippen molar-refractivity contribution in [1.82, 2.24) is 5.32 Å². The average molecular weight is 290 g/mol. The van der Waals surface area contributed by atoms with Gasteiger partial charge in [-0.2, -0.15) is 0 Å². The average Bonchev–Trinajstić information content (AvgIpc) is 2.33. The molecule has 0 aliphatic carbocycles. The van der Waals surface area contributed by atoms with Gasteiger partial charge in [-0.3, -0.25) is 4.79 Å². The number of carbonyl (C=O) groups is 1. The molecular formula is C12H16ClNO3S. The lowest BCUT2D eigenvalue weighted by Crippen LogP contribution is -2.24. The fraction of sp³-hybridized carbons (Fsp3) is 0.417. The second kappa shape index (κ2) is 6.75. The lowest BCUT2D eigenvalue weighted by atomic mass is 10.2. The van der Waals surface area contributed by atoms with Gasteiger partial charge in [0.25, 0.3) is 15.0 Å². The highest BCUT2D eigenvalue weighted by Gasteiger charge is 2.11. The smallest absolute Gasteiger partial charge is 0.261 e. The SMILES string of the molecule is CCCCCNC(=O)c1ccc(S(=O)(=O)Cl)cc1. The van der Waals surface area contributed by atoms with E-state index in [-0.39, 0.29) is 10.8 Å². The molecule has 0 bridgehead atoms. The van der Waals surface area contributed by atoms with Gasteiger partial charge in [0.1, 0.15) is 0 Å². The molecule has 4 nitrogen and oxygen atoms in total. The van der Waals surface area contributed by atoms with E-state index in [0.29, 0.717) is 12.1 Å². The van der Waals surface area contributed by atoms with E-state index in [1.807, 2.05) is 0 Å². The predicted molar refractivity (Wildman–Crippen MR) is 71.3 cm³/mol. The third-order valence-electron chi connectivity index (χ3n) is 2.46. The van der Waals surface area contributed by atoms with E-state index in [1.165, 1.54) is 24.3 Å². The number of nitrogens with one attached hydrogen (secondary N) is 1. The van der Waals surface area contributed by atoms with E-state index in [0.717, 1.165) is 19.3 Å². The number of carbonyl (C=O) groups excluding carboxylic acids is 1. The number of hydrogen-bond donors (Lipinski definition) is 1. The van der Waals surface area contributed by atoms with Crippen molar-refractivity contribution < 1.29 is 13.2 Å². The van der Waals surface area contributed by atoms with Crippen LogP contribution in [0.15, 0.2) is 29.2 Å².